The van der Waals surface area contributed by atoms with E-state index in [2.05, 4.69) is 16.6 Å². The summed E-state index contributed by atoms with van der Waals surface area (Å²) in [6.07, 6.45) is 5.24. The minimum Gasteiger partial charge on any atom is -0.444 e. The van der Waals surface area contributed by atoms with E-state index in [0.29, 0.717) is 17.5 Å². The second-order valence-electron chi connectivity index (χ2n) is 11.6. The largest absolute Gasteiger partial charge is 0.444 e. The minimum atomic E-state index is -1.12. The van der Waals surface area contributed by atoms with Gasteiger partial charge in [0, 0.05) is 23.6 Å². The molecule has 1 aromatic carbocycles. The van der Waals surface area contributed by atoms with E-state index in [-0.39, 0.29) is 30.7 Å². The minimum absolute atomic E-state index is 0.0331. The van der Waals surface area contributed by atoms with Gasteiger partial charge in [-0.15, -0.1) is 6.42 Å². The summed E-state index contributed by atoms with van der Waals surface area (Å²) in [5, 5.41) is 5.58. The fraction of sp³-hybridized carbons (Fsp3) is 0.571. The van der Waals surface area contributed by atoms with Crippen molar-refractivity contribution in [2.45, 2.75) is 97.0 Å². The number of nitrogens with two attached hydrogens (primary N) is 1. The van der Waals surface area contributed by atoms with Gasteiger partial charge in [-0.2, -0.15) is 0 Å². The van der Waals surface area contributed by atoms with E-state index in [9.17, 15) is 19.2 Å². The third-order valence-electron chi connectivity index (χ3n) is 5.77. The average Bonchev–Trinajstić information content (AvgIpc) is 3.47. The molecule has 0 aromatic heterocycles. The predicted molar refractivity (Wildman–Crippen MR) is 141 cm³/mol. The van der Waals surface area contributed by atoms with Crippen molar-refractivity contribution < 1.29 is 23.9 Å². The van der Waals surface area contributed by atoms with Crippen molar-refractivity contribution in [1.82, 2.24) is 15.5 Å². The molecule has 0 spiro atoms. The lowest BCUT2D eigenvalue weighted by atomic mass is 9.98. The number of nitrogens with one attached hydrogen (secondary N) is 2. The summed E-state index contributed by atoms with van der Waals surface area (Å²) in [5.74, 6) is 1.24. The molecule has 4 atom stereocenters. The Morgan fingerprint density at radius 2 is 1.70 bits per heavy atom. The molecule has 37 heavy (non-hydrogen) atoms. The van der Waals surface area contributed by atoms with Crippen LogP contribution in [0, 0.1) is 18.3 Å². The Morgan fingerprint density at radius 3 is 2.14 bits per heavy atom. The molecular weight excluding hydrogens is 472 g/mol. The van der Waals surface area contributed by atoms with Crippen LogP contribution in [0.15, 0.2) is 24.3 Å². The maximum absolute atomic E-state index is 14.1. The van der Waals surface area contributed by atoms with Crippen LogP contribution in [-0.4, -0.2) is 51.9 Å². The second kappa shape index (κ2) is 11.7. The molecule has 202 valence electrons. The maximum Gasteiger partial charge on any atom is 0.408 e. The molecule has 1 aliphatic rings. The third-order valence-corrected chi connectivity index (χ3v) is 5.77. The molecule has 1 aliphatic carbocycles. The summed E-state index contributed by atoms with van der Waals surface area (Å²) in [6, 6.07) is 4.57. The number of rotatable bonds is 9. The zero-order valence-electron chi connectivity index (χ0n) is 22.9. The van der Waals surface area contributed by atoms with E-state index < -0.39 is 41.1 Å². The molecule has 2 rings (SSSR count). The molecule has 1 saturated carbocycles. The Bertz CT molecular complexity index is 1050. The number of terminal acetylenes is 1. The van der Waals surface area contributed by atoms with Crippen LogP contribution in [-0.2, 0) is 19.1 Å². The molecule has 0 aliphatic heterocycles. The highest BCUT2D eigenvalue weighted by Crippen LogP contribution is 2.41. The van der Waals surface area contributed by atoms with Gasteiger partial charge in [0.1, 0.15) is 17.7 Å². The third kappa shape index (κ3) is 9.12. The van der Waals surface area contributed by atoms with Gasteiger partial charge in [0.25, 0.3) is 0 Å². The van der Waals surface area contributed by atoms with Crippen molar-refractivity contribution in [3.63, 3.8) is 0 Å². The van der Waals surface area contributed by atoms with Crippen LogP contribution in [0.1, 0.15) is 84.9 Å². The summed E-state index contributed by atoms with van der Waals surface area (Å²) >= 11 is 0. The Balaban J connectivity index is 2.53. The number of hydrogen-bond acceptors (Lipinski definition) is 5. The standard InChI is InChI=1S/C28H40N4O5/c1-9-18-10-12-19(13-11-18)23(24(34)31-27(3,4)5)32(21-16-17(21)2)25(35)20(14-15-22(29)33)30-26(36)37-28(6,7)8/h1,10-13,17,20-21,23H,14-16H2,2-8H3,(H2,29,33)(H,30,36)(H,31,34). The summed E-state index contributed by atoms with van der Waals surface area (Å²) < 4.78 is 5.35. The van der Waals surface area contributed by atoms with Crippen LogP contribution in [0.4, 0.5) is 4.79 Å². The molecule has 9 nitrogen and oxygen atoms in total. The SMILES string of the molecule is C#Cc1ccc(C(C(=O)NC(C)(C)C)N(C(=O)C(CCC(N)=O)NC(=O)OC(C)(C)C)C2CC2C)cc1. The number of alkyl carbamates (subject to hydrolysis) is 1. The number of ether oxygens (including phenoxy) is 1. The van der Waals surface area contributed by atoms with Gasteiger partial charge in [-0.25, -0.2) is 4.79 Å². The van der Waals surface area contributed by atoms with Gasteiger partial charge in [0.2, 0.25) is 17.7 Å². The Hall–Kier alpha value is -3.54. The fourth-order valence-electron chi connectivity index (χ4n) is 3.98. The number of primary amides is 1. The first kappa shape index (κ1) is 29.7. The summed E-state index contributed by atoms with van der Waals surface area (Å²) in [6.45, 7) is 12.7. The van der Waals surface area contributed by atoms with Crippen LogP contribution in [0.25, 0.3) is 0 Å². The molecular formula is C28H40N4O5. The lowest BCUT2D eigenvalue weighted by Crippen LogP contribution is -2.55. The van der Waals surface area contributed by atoms with Gasteiger partial charge >= 0.3 is 6.09 Å². The zero-order valence-corrected chi connectivity index (χ0v) is 22.9. The number of benzene rings is 1. The molecule has 0 heterocycles. The van der Waals surface area contributed by atoms with E-state index in [1.807, 2.05) is 27.7 Å². The molecule has 4 amide bonds. The van der Waals surface area contributed by atoms with Crippen molar-refractivity contribution in [3.8, 4) is 12.3 Å². The first-order valence-corrected chi connectivity index (χ1v) is 12.5. The molecule has 0 bridgehead atoms. The summed E-state index contributed by atoms with van der Waals surface area (Å²) in [5.41, 5.74) is 5.23. The lowest BCUT2D eigenvalue weighted by Gasteiger charge is -2.36. The monoisotopic (exact) mass is 512 g/mol. The van der Waals surface area contributed by atoms with Crippen LogP contribution in [0.5, 0.6) is 0 Å². The summed E-state index contributed by atoms with van der Waals surface area (Å²) in [7, 11) is 0. The van der Waals surface area contributed by atoms with Gasteiger partial charge in [-0.3, -0.25) is 14.4 Å². The molecule has 4 unspecified atom stereocenters. The highest BCUT2D eigenvalue weighted by Gasteiger charge is 2.48. The van der Waals surface area contributed by atoms with Gasteiger partial charge in [0.05, 0.1) is 0 Å². The Morgan fingerprint density at radius 1 is 1.14 bits per heavy atom. The molecule has 0 saturated heterocycles. The number of carbonyl (C=O) groups excluding carboxylic acids is 4. The predicted octanol–water partition coefficient (Wildman–Crippen LogP) is 3.02. The normalized spacial score (nSPS) is 18.5. The maximum atomic E-state index is 14.1. The van der Waals surface area contributed by atoms with E-state index in [4.69, 9.17) is 16.9 Å². The zero-order chi connectivity index (χ0) is 28.1. The van der Waals surface area contributed by atoms with Crippen molar-refractivity contribution >= 4 is 23.8 Å². The molecule has 0 radical (unpaired) electrons. The number of amides is 4. The number of nitrogens with zero attached hydrogens (tertiary/aromatic N) is 1. The van der Waals surface area contributed by atoms with E-state index in [1.54, 1.807) is 45.0 Å². The highest BCUT2D eigenvalue weighted by atomic mass is 16.6. The molecule has 1 aromatic rings. The topological polar surface area (TPSA) is 131 Å². The van der Waals surface area contributed by atoms with Crippen molar-refractivity contribution in [2.75, 3.05) is 0 Å². The summed E-state index contributed by atoms with van der Waals surface area (Å²) in [4.78, 5) is 53.4. The average molecular weight is 513 g/mol. The van der Waals surface area contributed by atoms with Crippen LogP contribution < -0.4 is 16.4 Å². The molecule has 4 N–H and O–H groups in total. The van der Waals surface area contributed by atoms with Crippen molar-refractivity contribution in [1.29, 1.82) is 0 Å². The Labute approximate surface area is 219 Å². The Kier molecular flexibility index (Phi) is 9.37. The van der Waals surface area contributed by atoms with Gasteiger partial charge in [0.15, 0.2) is 0 Å². The van der Waals surface area contributed by atoms with Crippen molar-refractivity contribution in [2.24, 2.45) is 11.7 Å². The van der Waals surface area contributed by atoms with E-state index in [1.165, 1.54) is 4.90 Å². The van der Waals surface area contributed by atoms with Crippen molar-refractivity contribution in [3.05, 3.63) is 35.4 Å². The molecule has 1 fully saturated rings. The van der Waals surface area contributed by atoms with E-state index >= 15 is 0 Å². The van der Waals surface area contributed by atoms with Gasteiger partial charge < -0.3 is 26.0 Å². The van der Waals surface area contributed by atoms with Crippen LogP contribution in [0.2, 0.25) is 0 Å². The van der Waals surface area contributed by atoms with Crippen LogP contribution in [0.3, 0.4) is 0 Å². The lowest BCUT2D eigenvalue weighted by molar-refractivity contribution is -0.144. The van der Waals surface area contributed by atoms with Crippen LogP contribution >= 0.6 is 0 Å². The van der Waals surface area contributed by atoms with E-state index in [0.717, 1.165) is 0 Å². The number of hydrogen-bond donors (Lipinski definition) is 3. The first-order chi connectivity index (χ1) is 17.0. The van der Waals surface area contributed by atoms with Gasteiger partial charge in [-0.05, 0) is 78.0 Å². The second-order valence-corrected chi connectivity index (χ2v) is 11.6. The smallest absolute Gasteiger partial charge is 0.408 e. The van der Waals surface area contributed by atoms with Gasteiger partial charge in [-0.1, -0.05) is 25.0 Å². The fourth-order valence-corrected chi connectivity index (χ4v) is 3.98. The first-order valence-electron chi connectivity index (χ1n) is 12.5. The molecule has 9 heteroatoms. The number of carbonyl (C=O) groups is 4. The highest BCUT2D eigenvalue weighted by molar-refractivity contribution is 5.93. The quantitative estimate of drug-likeness (QED) is 0.438.